The Balaban J connectivity index is 4.62. The molecule has 0 heterocycles. The van der Waals surface area contributed by atoms with Gasteiger partial charge in [0.25, 0.3) is 0 Å². The van der Waals surface area contributed by atoms with Gasteiger partial charge in [0.15, 0.2) is 0 Å². The Morgan fingerprint density at radius 2 is 0.906 bits per heavy atom. The van der Waals surface area contributed by atoms with Crippen molar-refractivity contribution in [1.29, 1.82) is 0 Å². The number of ether oxygens (including phenoxy) is 1. The third kappa shape index (κ3) is 37.1. The summed E-state index contributed by atoms with van der Waals surface area (Å²) in [6.45, 7) is 6.42. The lowest BCUT2D eigenvalue weighted by Crippen LogP contribution is -2.46. The van der Waals surface area contributed by atoms with Gasteiger partial charge in [-0.25, -0.2) is 0 Å². The Bertz CT molecular complexity index is 843. The predicted molar refractivity (Wildman–Crippen MR) is 227 cm³/mol. The molecule has 0 aliphatic heterocycles. The van der Waals surface area contributed by atoms with Crippen molar-refractivity contribution in [2.45, 2.75) is 257 Å². The van der Waals surface area contributed by atoms with Crippen LogP contribution < -0.4 is 5.32 Å². The van der Waals surface area contributed by atoms with Gasteiger partial charge in [0.2, 0.25) is 5.91 Å². The molecule has 312 valence electrons. The number of carbonyl (C=O) groups excluding carboxylic acids is 2. The van der Waals surface area contributed by atoms with Crippen LogP contribution in [0.2, 0.25) is 0 Å². The maximum Gasteiger partial charge on any atom is 0.306 e. The van der Waals surface area contributed by atoms with E-state index in [0.717, 1.165) is 70.6 Å². The van der Waals surface area contributed by atoms with Crippen LogP contribution in [0.3, 0.4) is 0 Å². The van der Waals surface area contributed by atoms with Gasteiger partial charge < -0.3 is 20.3 Å². The summed E-state index contributed by atoms with van der Waals surface area (Å²) in [6, 6.07) is -0.699. The monoisotopic (exact) mass is 748 g/mol. The van der Waals surface area contributed by atoms with Gasteiger partial charge in [-0.15, -0.1) is 0 Å². The minimum absolute atomic E-state index is 0.0714. The fraction of sp³-hybridized carbons (Fsp3) is 0.872. The third-order valence-electron chi connectivity index (χ3n) is 10.5. The van der Waals surface area contributed by atoms with Crippen molar-refractivity contribution in [2.24, 2.45) is 0 Å². The molecule has 0 bridgehead atoms. The first-order valence-electron chi connectivity index (χ1n) is 23.1. The van der Waals surface area contributed by atoms with Gasteiger partial charge in [-0.1, -0.05) is 173 Å². The minimum Gasteiger partial charge on any atom is -0.462 e. The second-order valence-electron chi connectivity index (χ2n) is 15.8. The van der Waals surface area contributed by atoms with Gasteiger partial charge in [-0.2, -0.15) is 0 Å². The summed E-state index contributed by atoms with van der Waals surface area (Å²) in [5.74, 6) is -0.489. The van der Waals surface area contributed by atoms with Crippen LogP contribution in [-0.4, -0.2) is 46.9 Å². The van der Waals surface area contributed by atoms with E-state index in [-0.39, 0.29) is 24.9 Å². The molecule has 0 aromatic rings. The van der Waals surface area contributed by atoms with Crippen molar-refractivity contribution in [2.75, 3.05) is 6.61 Å². The van der Waals surface area contributed by atoms with Crippen LogP contribution in [0.25, 0.3) is 0 Å². The predicted octanol–water partition coefficient (Wildman–Crippen LogP) is 13.2. The van der Waals surface area contributed by atoms with Crippen molar-refractivity contribution in [3.8, 4) is 0 Å². The fourth-order valence-electron chi connectivity index (χ4n) is 6.95. The van der Waals surface area contributed by atoms with Crippen LogP contribution in [0.5, 0.6) is 0 Å². The molecule has 0 aliphatic carbocycles. The van der Waals surface area contributed by atoms with Crippen molar-refractivity contribution in [3.05, 3.63) is 24.3 Å². The zero-order chi connectivity index (χ0) is 38.9. The summed E-state index contributed by atoms with van der Waals surface area (Å²) in [5.41, 5.74) is 0. The quantitative estimate of drug-likeness (QED) is 0.0329. The molecule has 0 aliphatic rings. The Morgan fingerprint density at radius 3 is 1.40 bits per heavy atom. The van der Waals surface area contributed by atoms with E-state index in [4.69, 9.17) is 4.74 Å². The average molecular weight is 748 g/mol. The van der Waals surface area contributed by atoms with Crippen LogP contribution in [0.15, 0.2) is 24.3 Å². The lowest BCUT2D eigenvalue weighted by Gasteiger charge is -2.24. The lowest BCUT2D eigenvalue weighted by molar-refractivity contribution is -0.151. The standard InChI is InChI=1S/C47H89NO5/c1-4-7-10-13-16-19-21-23-24-27-29-32-35-38-43(53-47(52)40-37-34-31-28-25-22-20-17-14-11-8-5-2)41-46(51)48-44(42-49)45(50)39-36-33-30-26-18-15-12-9-6-3/h17,19-21,43-45,49-50H,4-16,18,22-42H2,1-3H3,(H,48,51)/b20-17-,21-19-. The largest absolute Gasteiger partial charge is 0.462 e. The van der Waals surface area contributed by atoms with Crippen LogP contribution in [0.1, 0.15) is 239 Å². The number of hydrogen-bond donors (Lipinski definition) is 3. The first kappa shape index (κ1) is 51.3. The zero-order valence-electron chi connectivity index (χ0n) is 35.4. The van der Waals surface area contributed by atoms with E-state index in [1.165, 1.54) is 122 Å². The van der Waals surface area contributed by atoms with Crippen LogP contribution >= 0.6 is 0 Å². The van der Waals surface area contributed by atoms with Crippen molar-refractivity contribution in [3.63, 3.8) is 0 Å². The number of amides is 1. The topological polar surface area (TPSA) is 95.9 Å². The number of hydrogen-bond acceptors (Lipinski definition) is 5. The van der Waals surface area contributed by atoms with Gasteiger partial charge in [0.05, 0.1) is 25.2 Å². The van der Waals surface area contributed by atoms with Gasteiger partial charge >= 0.3 is 5.97 Å². The third-order valence-corrected chi connectivity index (χ3v) is 10.5. The molecule has 3 N–H and O–H groups in total. The van der Waals surface area contributed by atoms with E-state index < -0.39 is 18.2 Å². The highest BCUT2D eigenvalue weighted by atomic mass is 16.5. The Morgan fingerprint density at radius 1 is 0.528 bits per heavy atom. The molecule has 6 heteroatoms. The maximum atomic E-state index is 13.1. The number of nitrogens with one attached hydrogen (secondary N) is 1. The summed E-state index contributed by atoms with van der Waals surface area (Å²) in [7, 11) is 0. The first-order chi connectivity index (χ1) is 26.0. The molecule has 0 saturated carbocycles. The highest BCUT2D eigenvalue weighted by Gasteiger charge is 2.24. The lowest BCUT2D eigenvalue weighted by atomic mass is 10.0. The second kappa shape index (κ2) is 41.5. The van der Waals surface area contributed by atoms with Gasteiger partial charge in [-0.3, -0.25) is 9.59 Å². The highest BCUT2D eigenvalue weighted by Crippen LogP contribution is 2.17. The Hall–Kier alpha value is -1.66. The van der Waals surface area contributed by atoms with E-state index in [1.54, 1.807) is 0 Å². The van der Waals surface area contributed by atoms with Crippen LogP contribution in [0, 0.1) is 0 Å². The van der Waals surface area contributed by atoms with Crippen LogP contribution in [-0.2, 0) is 14.3 Å². The Labute approximate surface area is 329 Å². The minimum atomic E-state index is -0.785. The van der Waals surface area contributed by atoms with Crippen molar-refractivity contribution < 1.29 is 24.5 Å². The Kier molecular flexibility index (Phi) is 40.2. The summed E-state index contributed by atoms with van der Waals surface area (Å²) in [5, 5.41) is 23.6. The van der Waals surface area contributed by atoms with E-state index in [2.05, 4.69) is 50.4 Å². The number of aliphatic hydroxyl groups is 2. The number of allylic oxidation sites excluding steroid dienone is 4. The molecule has 3 atom stereocenters. The first-order valence-corrected chi connectivity index (χ1v) is 23.1. The molecule has 0 rings (SSSR count). The number of esters is 1. The molecule has 1 amide bonds. The highest BCUT2D eigenvalue weighted by molar-refractivity contribution is 5.77. The second-order valence-corrected chi connectivity index (χ2v) is 15.8. The number of unbranched alkanes of at least 4 members (excludes halogenated alkanes) is 25. The molecule has 0 fully saturated rings. The van der Waals surface area contributed by atoms with E-state index in [0.29, 0.717) is 19.3 Å². The van der Waals surface area contributed by atoms with Gasteiger partial charge in [0, 0.05) is 6.42 Å². The number of aliphatic hydroxyl groups excluding tert-OH is 2. The summed E-state index contributed by atoms with van der Waals surface area (Å²) in [4.78, 5) is 25.9. The fourth-order valence-corrected chi connectivity index (χ4v) is 6.95. The molecule has 3 unspecified atom stereocenters. The van der Waals surface area contributed by atoms with E-state index in [1.807, 2.05) is 0 Å². The number of rotatable bonds is 41. The molecule has 0 aromatic heterocycles. The van der Waals surface area contributed by atoms with Crippen molar-refractivity contribution >= 4 is 11.9 Å². The van der Waals surface area contributed by atoms with Crippen LogP contribution in [0.4, 0.5) is 0 Å². The summed E-state index contributed by atoms with van der Waals surface area (Å²) < 4.78 is 5.89. The molecule has 0 radical (unpaired) electrons. The summed E-state index contributed by atoms with van der Waals surface area (Å²) in [6.07, 6.45) is 45.2. The van der Waals surface area contributed by atoms with E-state index in [9.17, 15) is 19.8 Å². The summed E-state index contributed by atoms with van der Waals surface area (Å²) >= 11 is 0. The van der Waals surface area contributed by atoms with Gasteiger partial charge in [-0.05, 0) is 77.0 Å². The molecule has 53 heavy (non-hydrogen) atoms. The molecule has 0 saturated heterocycles. The maximum absolute atomic E-state index is 13.1. The molecular formula is C47H89NO5. The molecule has 0 aromatic carbocycles. The molecule has 0 spiro atoms. The van der Waals surface area contributed by atoms with Gasteiger partial charge in [0.1, 0.15) is 6.10 Å². The normalized spacial score (nSPS) is 13.5. The smallest absolute Gasteiger partial charge is 0.306 e. The van der Waals surface area contributed by atoms with E-state index >= 15 is 0 Å². The van der Waals surface area contributed by atoms with Crippen molar-refractivity contribution in [1.82, 2.24) is 5.32 Å². The zero-order valence-corrected chi connectivity index (χ0v) is 35.4. The SMILES string of the molecule is CCCCC/C=C\CCCCCCCC(=O)OC(CCCCCCC/C=C\CCCCCC)CC(=O)NC(CO)C(O)CCCCCCCCCCC. The average Bonchev–Trinajstić information content (AvgIpc) is 3.15. The number of carbonyl (C=O) groups is 2. The molecule has 6 nitrogen and oxygen atoms in total. The molecular weight excluding hydrogens is 659 g/mol.